The van der Waals surface area contributed by atoms with Crippen LogP contribution < -0.4 is 9.96 Å². The number of hydrogen-bond acceptors (Lipinski definition) is 4. The molecule has 0 spiro atoms. The molecule has 0 radical (unpaired) electrons. The quantitative estimate of drug-likeness (QED) is 0.774. The maximum Gasteiger partial charge on any atom is 0.266 e. The van der Waals surface area contributed by atoms with Crippen LogP contribution in [0.5, 0.6) is 0 Å². The first-order chi connectivity index (χ1) is 12.7. The molecular formula is C21H22N2O3. The lowest BCUT2D eigenvalue weighted by molar-refractivity contribution is -0.126. The number of anilines is 2. The summed E-state index contributed by atoms with van der Waals surface area (Å²) in [6, 6.07) is 18.7. The number of para-hydroxylation sites is 2. The number of imide groups is 1. The lowest BCUT2D eigenvalue weighted by Gasteiger charge is -2.28. The van der Waals surface area contributed by atoms with Crippen molar-refractivity contribution in [2.45, 2.75) is 38.3 Å². The Morgan fingerprint density at radius 3 is 2.12 bits per heavy atom. The number of unbranched alkanes of at least 4 members (excludes halogenated alkanes) is 1. The molecule has 3 atom stereocenters. The predicted molar refractivity (Wildman–Crippen MR) is 99.5 cm³/mol. The molecule has 2 aliphatic heterocycles. The van der Waals surface area contributed by atoms with Gasteiger partial charge in [0.15, 0.2) is 6.10 Å². The summed E-state index contributed by atoms with van der Waals surface area (Å²) < 4.78 is 0. The third kappa shape index (κ3) is 2.69. The number of amides is 2. The van der Waals surface area contributed by atoms with Crippen LogP contribution in [0.3, 0.4) is 0 Å². The van der Waals surface area contributed by atoms with E-state index in [2.05, 4.69) is 6.92 Å². The summed E-state index contributed by atoms with van der Waals surface area (Å²) in [5.41, 5.74) is 1.50. The van der Waals surface area contributed by atoms with Crippen molar-refractivity contribution in [1.82, 2.24) is 0 Å². The van der Waals surface area contributed by atoms with E-state index in [-0.39, 0.29) is 17.9 Å². The van der Waals surface area contributed by atoms with Gasteiger partial charge in [0, 0.05) is 0 Å². The number of fused-ring (bicyclic) bond motifs is 1. The Morgan fingerprint density at radius 1 is 0.885 bits per heavy atom. The number of hydroxylamine groups is 1. The SMILES string of the molecule is CCCC[C@@H]1[C@@H]2C(=O)N(c3ccccc3)C(=O)[C@@H]2ON1c1ccccc1. The molecule has 2 fully saturated rings. The smallest absolute Gasteiger partial charge is 0.266 e. The third-order valence-corrected chi connectivity index (χ3v) is 5.12. The molecule has 2 aromatic carbocycles. The predicted octanol–water partition coefficient (Wildman–Crippen LogP) is 3.56. The molecule has 2 heterocycles. The van der Waals surface area contributed by atoms with Gasteiger partial charge in [0.05, 0.1) is 23.3 Å². The van der Waals surface area contributed by atoms with Gasteiger partial charge in [0.1, 0.15) is 0 Å². The number of nitrogens with zero attached hydrogens (tertiary/aromatic N) is 2. The highest BCUT2D eigenvalue weighted by Gasteiger charge is 2.59. The van der Waals surface area contributed by atoms with E-state index in [1.54, 1.807) is 17.2 Å². The zero-order valence-corrected chi connectivity index (χ0v) is 14.7. The fourth-order valence-electron chi connectivity index (χ4n) is 3.86. The largest absolute Gasteiger partial charge is 0.273 e. The lowest BCUT2D eigenvalue weighted by atomic mass is 9.92. The number of hydrogen-bond donors (Lipinski definition) is 0. The van der Waals surface area contributed by atoms with Gasteiger partial charge in [-0.2, -0.15) is 0 Å². The standard InChI is InChI=1S/C21H22N2O3/c1-2-3-14-17-18-19(26-23(17)16-12-8-5-9-13-16)21(25)22(20(18)24)15-10-6-4-7-11-15/h4-13,17-19H,2-3,14H2,1H3/t17-,18+,19-/m1/s1. The van der Waals surface area contributed by atoms with Crippen molar-refractivity contribution in [2.24, 2.45) is 5.92 Å². The lowest BCUT2D eigenvalue weighted by Crippen LogP contribution is -2.40. The molecule has 0 aliphatic carbocycles. The maximum absolute atomic E-state index is 13.1. The van der Waals surface area contributed by atoms with Gasteiger partial charge in [-0.15, -0.1) is 0 Å². The van der Waals surface area contributed by atoms with Crippen LogP contribution in [-0.2, 0) is 14.4 Å². The minimum absolute atomic E-state index is 0.132. The molecule has 134 valence electrons. The molecule has 4 rings (SSSR count). The second-order valence-corrected chi connectivity index (χ2v) is 6.77. The Bertz CT molecular complexity index is 793. The Balaban J connectivity index is 1.67. The fourth-order valence-corrected chi connectivity index (χ4v) is 3.86. The second kappa shape index (κ2) is 6.92. The van der Waals surface area contributed by atoms with Crippen LogP contribution in [0.1, 0.15) is 26.2 Å². The Morgan fingerprint density at radius 2 is 1.50 bits per heavy atom. The van der Waals surface area contributed by atoms with Crippen LogP contribution in [0, 0.1) is 5.92 Å². The zero-order chi connectivity index (χ0) is 18.1. The molecule has 0 bridgehead atoms. The third-order valence-electron chi connectivity index (χ3n) is 5.12. The molecule has 26 heavy (non-hydrogen) atoms. The molecule has 2 amide bonds. The molecule has 0 N–H and O–H groups in total. The highest BCUT2D eigenvalue weighted by Crippen LogP contribution is 2.41. The fraction of sp³-hybridized carbons (Fsp3) is 0.333. The van der Waals surface area contributed by atoms with Gasteiger partial charge in [-0.3, -0.25) is 14.4 Å². The number of carbonyl (C=O) groups excluding carboxylic acids is 2. The highest BCUT2D eigenvalue weighted by atomic mass is 16.7. The molecular weight excluding hydrogens is 328 g/mol. The van der Waals surface area contributed by atoms with Crippen molar-refractivity contribution in [3.05, 3.63) is 60.7 Å². The number of benzene rings is 2. The van der Waals surface area contributed by atoms with E-state index in [9.17, 15) is 9.59 Å². The van der Waals surface area contributed by atoms with Crippen LogP contribution in [-0.4, -0.2) is 24.0 Å². The molecule has 5 nitrogen and oxygen atoms in total. The normalized spacial score (nSPS) is 25.0. The van der Waals surface area contributed by atoms with Crippen molar-refractivity contribution in [3.8, 4) is 0 Å². The van der Waals surface area contributed by atoms with Crippen LogP contribution in [0.25, 0.3) is 0 Å². The second-order valence-electron chi connectivity index (χ2n) is 6.77. The summed E-state index contributed by atoms with van der Waals surface area (Å²) in [5.74, 6) is -0.897. The van der Waals surface area contributed by atoms with E-state index >= 15 is 0 Å². The van der Waals surface area contributed by atoms with Crippen molar-refractivity contribution < 1.29 is 14.4 Å². The summed E-state index contributed by atoms with van der Waals surface area (Å²) in [6.45, 7) is 2.12. The first-order valence-electron chi connectivity index (χ1n) is 9.16. The van der Waals surface area contributed by atoms with Crippen LogP contribution in [0.2, 0.25) is 0 Å². The van der Waals surface area contributed by atoms with Gasteiger partial charge in [-0.25, -0.2) is 9.96 Å². The van der Waals surface area contributed by atoms with Crippen molar-refractivity contribution in [3.63, 3.8) is 0 Å². The highest BCUT2D eigenvalue weighted by molar-refractivity contribution is 6.23. The first-order valence-corrected chi connectivity index (χ1v) is 9.16. The molecule has 5 heteroatoms. The van der Waals surface area contributed by atoms with E-state index in [0.717, 1.165) is 24.9 Å². The van der Waals surface area contributed by atoms with Gasteiger partial charge < -0.3 is 0 Å². The Hall–Kier alpha value is -2.66. The van der Waals surface area contributed by atoms with Crippen molar-refractivity contribution in [2.75, 3.05) is 9.96 Å². The zero-order valence-electron chi connectivity index (χ0n) is 14.7. The summed E-state index contributed by atoms with van der Waals surface area (Å²) in [6.07, 6.45) is 2.08. The summed E-state index contributed by atoms with van der Waals surface area (Å²) in [4.78, 5) is 33.4. The number of carbonyl (C=O) groups is 2. The van der Waals surface area contributed by atoms with Gasteiger partial charge in [0.25, 0.3) is 5.91 Å². The average Bonchev–Trinajstić information content (AvgIpc) is 3.17. The summed E-state index contributed by atoms with van der Waals surface area (Å²) >= 11 is 0. The Kier molecular flexibility index (Phi) is 4.47. The minimum atomic E-state index is -0.746. The van der Waals surface area contributed by atoms with Gasteiger partial charge in [0.2, 0.25) is 5.91 Å². The van der Waals surface area contributed by atoms with Crippen LogP contribution in [0.4, 0.5) is 11.4 Å². The van der Waals surface area contributed by atoms with Crippen LogP contribution in [0.15, 0.2) is 60.7 Å². The van der Waals surface area contributed by atoms with Gasteiger partial charge in [-0.05, 0) is 30.7 Å². The molecule has 0 aromatic heterocycles. The first kappa shape index (κ1) is 16.8. The van der Waals surface area contributed by atoms with E-state index in [0.29, 0.717) is 5.69 Å². The van der Waals surface area contributed by atoms with Crippen LogP contribution >= 0.6 is 0 Å². The molecule has 2 aromatic rings. The van der Waals surface area contributed by atoms with Gasteiger partial charge in [-0.1, -0.05) is 56.2 Å². The topological polar surface area (TPSA) is 49.9 Å². The average molecular weight is 350 g/mol. The Labute approximate surface area is 153 Å². The van der Waals surface area contributed by atoms with E-state index < -0.39 is 12.0 Å². The van der Waals surface area contributed by atoms with Crippen molar-refractivity contribution >= 4 is 23.2 Å². The van der Waals surface area contributed by atoms with E-state index in [1.807, 2.05) is 48.5 Å². The van der Waals surface area contributed by atoms with Gasteiger partial charge >= 0.3 is 0 Å². The monoisotopic (exact) mass is 350 g/mol. The summed E-state index contributed by atoms with van der Waals surface area (Å²) in [5, 5.41) is 1.78. The molecule has 2 saturated heterocycles. The van der Waals surface area contributed by atoms with E-state index in [4.69, 9.17) is 4.84 Å². The molecule has 0 unspecified atom stereocenters. The summed E-state index contributed by atoms with van der Waals surface area (Å²) in [7, 11) is 0. The maximum atomic E-state index is 13.1. The number of rotatable bonds is 5. The minimum Gasteiger partial charge on any atom is -0.273 e. The van der Waals surface area contributed by atoms with Crippen molar-refractivity contribution in [1.29, 1.82) is 0 Å². The molecule has 0 saturated carbocycles. The van der Waals surface area contributed by atoms with E-state index in [1.165, 1.54) is 4.90 Å². The molecule has 2 aliphatic rings.